The van der Waals surface area contributed by atoms with Gasteiger partial charge in [-0.3, -0.25) is 4.79 Å². The average molecular weight is 271 g/mol. The summed E-state index contributed by atoms with van der Waals surface area (Å²) in [6, 6.07) is 0. The SMILES string of the molecule is O=C(NC[C@H]1C[C@H]2CC[C@H]1C2)C(Cl)(Cl)Cl. The lowest BCUT2D eigenvalue weighted by Gasteiger charge is -2.22. The molecule has 0 spiro atoms. The van der Waals surface area contributed by atoms with E-state index in [2.05, 4.69) is 5.32 Å². The van der Waals surface area contributed by atoms with Gasteiger partial charge in [0.1, 0.15) is 0 Å². The Hall–Kier alpha value is 0.340. The Morgan fingerprint density at radius 3 is 2.47 bits per heavy atom. The second-order valence-electron chi connectivity index (χ2n) is 4.64. The van der Waals surface area contributed by atoms with Gasteiger partial charge >= 0.3 is 0 Å². The van der Waals surface area contributed by atoms with Crippen molar-refractivity contribution in [1.29, 1.82) is 0 Å². The van der Waals surface area contributed by atoms with E-state index in [9.17, 15) is 4.79 Å². The predicted molar refractivity (Wildman–Crippen MR) is 62.2 cm³/mol. The number of nitrogens with one attached hydrogen (secondary N) is 1. The van der Waals surface area contributed by atoms with Crippen LogP contribution in [-0.2, 0) is 4.79 Å². The quantitative estimate of drug-likeness (QED) is 0.768. The monoisotopic (exact) mass is 269 g/mol. The third kappa shape index (κ3) is 2.72. The molecule has 2 saturated carbocycles. The number of hydrogen-bond acceptors (Lipinski definition) is 1. The number of halogens is 3. The van der Waals surface area contributed by atoms with Crippen LogP contribution in [0.25, 0.3) is 0 Å². The molecule has 0 aliphatic heterocycles. The molecule has 3 atom stereocenters. The van der Waals surface area contributed by atoms with Crippen LogP contribution in [0.2, 0.25) is 0 Å². The second kappa shape index (κ2) is 4.31. The molecule has 2 fully saturated rings. The molecule has 2 nitrogen and oxygen atoms in total. The minimum Gasteiger partial charge on any atom is -0.352 e. The highest BCUT2D eigenvalue weighted by Crippen LogP contribution is 2.48. The van der Waals surface area contributed by atoms with Crippen molar-refractivity contribution in [2.75, 3.05) is 6.54 Å². The maximum Gasteiger partial charge on any atom is 0.272 e. The van der Waals surface area contributed by atoms with Crippen molar-refractivity contribution < 1.29 is 4.79 Å². The van der Waals surface area contributed by atoms with E-state index in [0.717, 1.165) is 11.8 Å². The van der Waals surface area contributed by atoms with Crippen LogP contribution in [0.5, 0.6) is 0 Å². The molecule has 0 aromatic carbocycles. The van der Waals surface area contributed by atoms with E-state index >= 15 is 0 Å². The summed E-state index contributed by atoms with van der Waals surface area (Å²) in [7, 11) is 0. The molecular formula is C10H14Cl3NO. The van der Waals surface area contributed by atoms with E-state index in [1.165, 1.54) is 25.7 Å². The number of fused-ring (bicyclic) bond motifs is 2. The maximum atomic E-state index is 11.3. The van der Waals surface area contributed by atoms with Gasteiger partial charge in [0.25, 0.3) is 9.70 Å². The first-order valence-corrected chi connectivity index (χ1v) is 6.45. The zero-order valence-electron chi connectivity index (χ0n) is 8.31. The third-order valence-corrected chi connectivity index (χ3v) is 4.18. The van der Waals surface area contributed by atoms with Crippen LogP contribution < -0.4 is 5.32 Å². The molecule has 2 bridgehead atoms. The molecule has 5 heteroatoms. The topological polar surface area (TPSA) is 29.1 Å². The van der Waals surface area contributed by atoms with E-state index in [1.807, 2.05) is 0 Å². The molecule has 2 aliphatic rings. The van der Waals surface area contributed by atoms with Gasteiger partial charge in [-0.1, -0.05) is 41.2 Å². The fourth-order valence-corrected chi connectivity index (χ4v) is 3.15. The summed E-state index contributed by atoms with van der Waals surface area (Å²) in [5, 5.41) is 2.71. The molecule has 15 heavy (non-hydrogen) atoms. The minimum absolute atomic E-state index is 0.504. The van der Waals surface area contributed by atoms with Crippen molar-refractivity contribution in [3.8, 4) is 0 Å². The van der Waals surface area contributed by atoms with Gasteiger partial charge in [0.05, 0.1) is 0 Å². The molecule has 0 unspecified atom stereocenters. The number of carbonyl (C=O) groups excluding carboxylic acids is 1. The molecule has 2 aliphatic carbocycles. The van der Waals surface area contributed by atoms with E-state index < -0.39 is 9.70 Å². The van der Waals surface area contributed by atoms with Crippen LogP contribution in [0.15, 0.2) is 0 Å². The summed E-state index contributed by atoms with van der Waals surface area (Å²) in [6.45, 7) is 0.661. The van der Waals surface area contributed by atoms with Gasteiger partial charge in [0, 0.05) is 6.54 Å². The van der Waals surface area contributed by atoms with Gasteiger partial charge in [0.15, 0.2) is 0 Å². The molecule has 2 rings (SSSR count). The lowest BCUT2D eigenvalue weighted by Crippen LogP contribution is -2.38. The average Bonchev–Trinajstić information content (AvgIpc) is 2.73. The van der Waals surface area contributed by atoms with Crippen LogP contribution in [0.4, 0.5) is 0 Å². The Balaban J connectivity index is 1.77. The van der Waals surface area contributed by atoms with Crippen LogP contribution >= 0.6 is 34.8 Å². The van der Waals surface area contributed by atoms with E-state index in [0.29, 0.717) is 12.5 Å². The normalized spacial score (nSPS) is 34.5. The summed E-state index contributed by atoms with van der Waals surface area (Å²) >= 11 is 16.4. The van der Waals surface area contributed by atoms with Gasteiger partial charge in [-0.05, 0) is 37.0 Å². The van der Waals surface area contributed by atoms with E-state index in [-0.39, 0.29) is 0 Å². The summed E-state index contributed by atoms with van der Waals surface area (Å²) in [6.07, 6.45) is 5.22. The zero-order chi connectivity index (χ0) is 11.1. The third-order valence-electron chi connectivity index (χ3n) is 3.67. The highest BCUT2D eigenvalue weighted by atomic mass is 35.6. The Morgan fingerprint density at radius 1 is 1.27 bits per heavy atom. The Morgan fingerprint density at radius 2 is 2.00 bits per heavy atom. The van der Waals surface area contributed by atoms with Gasteiger partial charge in [-0.15, -0.1) is 0 Å². The van der Waals surface area contributed by atoms with Gasteiger partial charge in [0.2, 0.25) is 0 Å². The number of rotatable bonds is 2. The van der Waals surface area contributed by atoms with Crippen LogP contribution in [0, 0.1) is 17.8 Å². The largest absolute Gasteiger partial charge is 0.352 e. The zero-order valence-corrected chi connectivity index (χ0v) is 10.6. The first-order valence-electron chi connectivity index (χ1n) is 5.32. The lowest BCUT2D eigenvalue weighted by molar-refractivity contribution is -0.120. The maximum absolute atomic E-state index is 11.3. The highest BCUT2D eigenvalue weighted by Gasteiger charge is 2.40. The van der Waals surface area contributed by atoms with Gasteiger partial charge in [-0.2, -0.15) is 0 Å². The van der Waals surface area contributed by atoms with Crippen LogP contribution in [0.3, 0.4) is 0 Å². The van der Waals surface area contributed by atoms with Gasteiger partial charge in [-0.25, -0.2) is 0 Å². The standard InChI is InChI=1S/C10H14Cl3NO/c11-10(12,13)9(15)14-5-8-4-6-1-2-7(8)3-6/h6-8H,1-5H2,(H,14,15)/t6-,7-,8+/m0/s1. The molecule has 0 radical (unpaired) electrons. The first kappa shape index (κ1) is 11.8. The van der Waals surface area contributed by atoms with Crippen molar-refractivity contribution in [3.05, 3.63) is 0 Å². The molecule has 86 valence electrons. The van der Waals surface area contributed by atoms with Crippen molar-refractivity contribution in [2.24, 2.45) is 17.8 Å². The number of amides is 1. The minimum atomic E-state index is -1.82. The Bertz CT molecular complexity index is 264. The number of hydrogen-bond donors (Lipinski definition) is 1. The van der Waals surface area contributed by atoms with E-state index in [1.54, 1.807) is 0 Å². The van der Waals surface area contributed by atoms with Crippen molar-refractivity contribution in [1.82, 2.24) is 5.32 Å². The highest BCUT2D eigenvalue weighted by molar-refractivity contribution is 6.76. The lowest BCUT2D eigenvalue weighted by atomic mass is 9.89. The van der Waals surface area contributed by atoms with Crippen LogP contribution in [0.1, 0.15) is 25.7 Å². The number of carbonyl (C=O) groups is 1. The number of alkyl halides is 3. The van der Waals surface area contributed by atoms with Gasteiger partial charge < -0.3 is 5.32 Å². The molecule has 0 aromatic heterocycles. The van der Waals surface area contributed by atoms with Crippen molar-refractivity contribution in [3.63, 3.8) is 0 Å². The fourth-order valence-electron chi connectivity index (χ4n) is 2.95. The summed E-state index contributed by atoms with van der Waals surface area (Å²) in [5.41, 5.74) is 0. The molecule has 0 aromatic rings. The van der Waals surface area contributed by atoms with Crippen molar-refractivity contribution >= 4 is 40.7 Å². The summed E-state index contributed by atoms with van der Waals surface area (Å²) in [5.74, 6) is 1.76. The van der Waals surface area contributed by atoms with Crippen LogP contribution in [-0.4, -0.2) is 16.2 Å². The summed E-state index contributed by atoms with van der Waals surface area (Å²) < 4.78 is -1.82. The first-order chi connectivity index (χ1) is 6.97. The molecule has 0 saturated heterocycles. The van der Waals surface area contributed by atoms with E-state index in [4.69, 9.17) is 34.8 Å². The molecule has 1 amide bonds. The predicted octanol–water partition coefficient (Wildman–Crippen LogP) is 2.91. The Kier molecular flexibility index (Phi) is 3.39. The molecule has 0 heterocycles. The van der Waals surface area contributed by atoms with Crippen molar-refractivity contribution in [2.45, 2.75) is 29.5 Å². The smallest absolute Gasteiger partial charge is 0.272 e. The Labute approximate surface area is 105 Å². The fraction of sp³-hybridized carbons (Fsp3) is 0.900. The second-order valence-corrected chi connectivity index (χ2v) is 6.92. The molecule has 1 N–H and O–H groups in total. The molecular weight excluding hydrogens is 256 g/mol. The summed E-state index contributed by atoms with van der Waals surface area (Å²) in [4.78, 5) is 11.3.